The van der Waals surface area contributed by atoms with E-state index in [4.69, 9.17) is 5.73 Å². The van der Waals surface area contributed by atoms with Gasteiger partial charge in [-0.25, -0.2) is 13.4 Å². The van der Waals surface area contributed by atoms with E-state index in [-0.39, 0.29) is 6.04 Å². The number of fused-ring (bicyclic) bond motifs is 1. The molecule has 1 unspecified atom stereocenters. The Bertz CT molecular complexity index is 874. The van der Waals surface area contributed by atoms with Crippen molar-refractivity contribution in [1.29, 1.82) is 0 Å². The summed E-state index contributed by atoms with van der Waals surface area (Å²) in [5.41, 5.74) is 8.99. The summed E-state index contributed by atoms with van der Waals surface area (Å²) in [6.07, 6.45) is 4.49. The van der Waals surface area contributed by atoms with Crippen molar-refractivity contribution in [2.24, 2.45) is 5.73 Å². The number of anilines is 1. The van der Waals surface area contributed by atoms with Crippen LogP contribution < -0.4 is 11.1 Å². The fraction of sp³-hybridized carbons (Fsp3) is 0.389. The molecule has 1 aromatic carbocycles. The topological polar surface area (TPSA) is 88.3 Å². The summed E-state index contributed by atoms with van der Waals surface area (Å²) in [6.45, 7) is 1.80. The third kappa shape index (κ3) is 2.92. The van der Waals surface area contributed by atoms with Gasteiger partial charge in [0.1, 0.15) is 5.82 Å². The maximum absolute atomic E-state index is 12.6. The Labute approximate surface area is 148 Å². The zero-order valence-corrected chi connectivity index (χ0v) is 14.8. The summed E-state index contributed by atoms with van der Waals surface area (Å²) in [5, 5.41) is 3.33. The van der Waals surface area contributed by atoms with Gasteiger partial charge < -0.3 is 11.1 Å². The van der Waals surface area contributed by atoms with Gasteiger partial charge in [0.05, 0.1) is 4.90 Å². The highest BCUT2D eigenvalue weighted by molar-refractivity contribution is 7.89. The third-order valence-corrected chi connectivity index (χ3v) is 6.91. The average molecular weight is 358 g/mol. The van der Waals surface area contributed by atoms with E-state index in [1.807, 2.05) is 18.2 Å². The molecule has 3 heterocycles. The Morgan fingerprint density at radius 1 is 1.16 bits per heavy atom. The number of hydrogen-bond acceptors (Lipinski definition) is 5. The summed E-state index contributed by atoms with van der Waals surface area (Å²) in [7, 11) is -3.37. The highest BCUT2D eigenvalue weighted by Crippen LogP contribution is 2.34. The zero-order chi connectivity index (χ0) is 17.4. The van der Waals surface area contributed by atoms with E-state index in [0.717, 1.165) is 41.8 Å². The van der Waals surface area contributed by atoms with Gasteiger partial charge in [0.15, 0.2) is 0 Å². The average Bonchev–Trinajstić information content (AvgIpc) is 3.31. The van der Waals surface area contributed by atoms with Crippen LogP contribution in [-0.4, -0.2) is 43.4 Å². The molecular formula is C18H22N4O2S. The normalized spacial score (nSPS) is 20.4. The smallest absolute Gasteiger partial charge is 0.243 e. The maximum Gasteiger partial charge on any atom is 0.243 e. The van der Waals surface area contributed by atoms with Gasteiger partial charge in [-0.1, -0.05) is 12.1 Å². The molecule has 0 bridgehead atoms. The van der Waals surface area contributed by atoms with Gasteiger partial charge in [-0.15, -0.1) is 0 Å². The number of rotatable bonds is 4. The lowest BCUT2D eigenvalue weighted by Crippen LogP contribution is -2.27. The number of nitrogens with two attached hydrogens (primary N) is 1. The molecule has 2 aliphatic heterocycles. The molecule has 0 aliphatic carbocycles. The van der Waals surface area contributed by atoms with E-state index in [9.17, 15) is 8.42 Å². The number of nitrogens with zero attached hydrogens (tertiary/aromatic N) is 2. The van der Waals surface area contributed by atoms with Crippen LogP contribution in [0.2, 0.25) is 0 Å². The van der Waals surface area contributed by atoms with Gasteiger partial charge in [-0.3, -0.25) is 0 Å². The lowest BCUT2D eigenvalue weighted by Gasteiger charge is -2.16. The Hall–Kier alpha value is -1.96. The first-order valence-electron chi connectivity index (χ1n) is 8.64. The van der Waals surface area contributed by atoms with Crippen molar-refractivity contribution in [3.05, 3.63) is 42.1 Å². The first-order chi connectivity index (χ1) is 12.1. The summed E-state index contributed by atoms with van der Waals surface area (Å²) >= 11 is 0. The van der Waals surface area contributed by atoms with Crippen LogP contribution in [0.5, 0.6) is 0 Å². The third-order valence-electron chi connectivity index (χ3n) is 5.00. The number of sulfonamides is 1. The molecule has 1 fully saturated rings. The molecule has 2 aromatic rings. The van der Waals surface area contributed by atoms with Gasteiger partial charge >= 0.3 is 0 Å². The molecule has 132 valence electrons. The van der Waals surface area contributed by atoms with E-state index in [1.54, 1.807) is 22.6 Å². The second-order valence-corrected chi connectivity index (χ2v) is 8.54. The number of benzene rings is 1. The second kappa shape index (κ2) is 6.40. The van der Waals surface area contributed by atoms with Gasteiger partial charge in [0.25, 0.3) is 0 Å². The van der Waals surface area contributed by atoms with Gasteiger partial charge in [-0.2, -0.15) is 4.31 Å². The maximum atomic E-state index is 12.6. The predicted octanol–water partition coefficient (Wildman–Crippen LogP) is 1.83. The van der Waals surface area contributed by atoms with E-state index >= 15 is 0 Å². The van der Waals surface area contributed by atoms with Crippen LogP contribution in [-0.2, 0) is 16.4 Å². The van der Waals surface area contributed by atoms with Crippen molar-refractivity contribution in [3.8, 4) is 11.1 Å². The quantitative estimate of drug-likeness (QED) is 0.870. The van der Waals surface area contributed by atoms with Crippen molar-refractivity contribution in [3.63, 3.8) is 0 Å². The Balaban J connectivity index is 1.65. The SMILES string of the molecule is NCC1Cc2c(-c3ccc(S(=O)(=O)N4CCCC4)cc3)ccnc2N1. The largest absolute Gasteiger partial charge is 0.365 e. The van der Waals surface area contributed by atoms with Crippen LogP contribution in [0.25, 0.3) is 11.1 Å². The van der Waals surface area contributed by atoms with Gasteiger partial charge in [-0.05, 0) is 48.6 Å². The number of aromatic nitrogens is 1. The molecule has 7 heteroatoms. The van der Waals surface area contributed by atoms with Gasteiger partial charge in [0.2, 0.25) is 10.0 Å². The fourth-order valence-corrected chi connectivity index (χ4v) is 5.13. The van der Waals surface area contributed by atoms with Crippen molar-refractivity contribution in [2.45, 2.75) is 30.2 Å². The fourth-order valence-electron chi connectivity index (χ4n) is 3.61. The zero-order valence-electron chi connectivity index (χ0n) is 14.0. The van der Waals surface area contributed by atoms with Gasteiger partial charge in [0, 0.05) is 37.4 Å². The van der Waals surface area contributed by atoms with Crippen molar-refractivity contribution < 1.29 is 8.42 Å². The predicted molar refractivity (Wildman–Crippen MR) is 97.8 cm³/mol. The molecule has 1 aromatic heterocycles. The molecule has 1 atom stereocenters. The minimum atomic E-state index is -3.37. The molecule has 1 saturated heterocycles. The molecule has 3 N–H and O–H groups in total. The Kier molecular flexibility index (Phi) is 4.23. The molecule has 4 rings (SSSR count). The molecular weight excluding hydrogens is 336 g/mol. The molecule has 2 aliphatic rings. The summed E-state index contributed by atoms with van der Waals surface area (Å²) < 4.78 is 26.9. The van der Waals surface area contributed by atoms with Crippen LogP contribution in [0.1, 0.15) is 18.4 Å². The molecule has 0 amide bonds. The van der Waals surface area contributed by atoms with E-state index in [1.165, 1.54) is 0 Å². The molecule has 6 nitrogen and oxygen atoms in total. The van der Waals surface area contributed by atoms with Crippen LogP contribution in [0.3, 0.4) is 0 Å². The summed E-state index contributed by atoms with van der Waals surface area (Å²) in [5.74, 6) is 0.877. The molecule has 25 heavy (non-hydrogen) atoms. The standard InChI is InChI=1S/C18H22N4O2S/c19-12-14-11-17-16(7-8-20-18(17)21-14)13-3-5-15(6-4-13)25(23,24)22-9-1-2-10-22/h3-8,14H,1-2,9-12,19H2,(H,20,21). The molecule has 0 spiro atoms. The lowest BCUT2D eigenvalue weighted by atomic mass is 9.99. The van der Waals surface area contributed by atoms with Crippen molar-refractivity contribution in [2.75, 3.05) is 25.0 Å². The van der Waals surface area contributed by atoms with Crippen LogP contribution in [0.15, 0.2) is 41.4 Å². The first-order valence-corrected chi connectivity index (χ1v) is 10.1. The number of pyridine rings is 1. The van der Waals surface area contributed by atoms with Crippen LogP contribution in [0, 0.1) is 0 Å². The minimum absolute atomic E-state index is 0.207. The van der Waals surface area contributed by atoms with E-state index in [2.05, 4.69) is 10.3 Å². The highest BCUT2D eigenvalue weighted by Gasteiger charge is 2.27. The van der Waals surface area contributed by atoms with E-state index in [0.29, 0.717) is 24.5 Å². The summed E-state index contributed by atoms with van der Waals surface area (Å²) in [4.78, 5) is 4.75. The van der Waals surface area contributed by atoms with E-state index < -0.39 is 10.0 Å². The minimum Gasteiger partial charge on any atom is -0.365 e. The van der Waals surface area contributed by atoms with Crippen LogP contribution in [0.4, 0.5) is 5.82 Å². The second-order valence-electron chi connectivity index (χ2n) is 6.60. The van der Waals surface area contributed by atoms with Crippen molar-refractivity contribution >= 4 is 15.8 Å². The van der Waals surface area contributed by atoms with Crippen LogP contribution >= 0.6 is 0 Å². The first kappa shape index (κ1) is 16.5. The number of hydrogen-bond donors (Lipinski definition) is 2. The van der Waals surface area contributed by atoms with Crippen molar-refractivity contribution in [1.82, 2.24) is 9.29 Å². The monoisotopic (exact) mass is 358 g/mol. The number of nitrogens with one attached hydrogen (secondary N) is 1. The lowest BCUT2D eigenvalue weighted by molar-refractivity contribution is 0.477. The molecule has 0 saturated carbocycles. The summed E-state index contributed by atoms with van der Waals surface area (Å²) in [6, 6.07) is 9.36. The molecule has 0 radical (unpaired) electrons. The Morgan fingerprint density at radius 3 is 2.56 bits per heavy atom. The highest BCUT2D eigenvalue weighted by atomic mass is 32.2. The Morgan fingerprint density at radius 2 is 1.88 bits per heavy atom.